The molecule has 1 aromatic rings. The molecule has 0 aromatic heterocycles. The predicted octanol–water partition coefficient (Wildman–Crippen LogP) is 1.96. The molecule has 0 aliphatic heterocycles. The summed E-state index contributed by atoms with van der Waals surface area (Å²) in [5, 5.41) is 2.85. The molecule has 1 rings (SSSR count). The topological polar surface area (TPSA) is 67.6 Å². The zero-order chi connectivity index (χ0) is 14.8. The lowest BCUT2D eigenvalue weighted by atomic mass is 10.2. The third kappa shape index (κ3) is 7.11. The molecule has 112 valence electrons. The minimum absolute atomic E-state index is 0.0220. The van der Waals surface area contributed by atoms with Crippen LogP contribution in [0.1, 0.15) is 19.8 Å². The number of hydrogen-bond acceptors (Lipinski definition) is 4. The summed E-state index contributed by atoms with van der Waals surface area (Å²) in [5.74, 6) is 0.0220. The summed E-state index contributed by atoms with van der Waals surface area (Å²) in [6.07, 6.45) is 1.34. The van der Waals surface area contributed by atoms with Gasteiger partial charge in [0.15, 0.2) is 0 Å². The van der Waals surface area contributed by atoms with Gasteiger partial charge in [0.05, 0.1) is 6.61 Å². The van der Waals surface area contributed by atoms with Gasteiger partial charge in [-0.1, -0.05) is 6.07 Å². The predicted molar refractivity (Wildman–Crippen MR) is 82.7 cm³/mol. The minimum Gasteiger partial charge on any atom is -0.399 e. The van der Waals surface area contributed by atoms with Crippen molar-refractivity contribution in [3.63, 3.8) is 0 Å². The Balaban J connectivity index is 2.17. The Morgan fingerprint density at radius 1 is 1.40 bits per heavy atom. The Kier molecular flexibility index (Phi) is 7.69. The summed E-state index contributed by atoms with van der Waals surface area (Å²) in [7, 11) is 2.04. The van der Waals surface area contributed by atoms with Gasteiger partial charge < -0.3 is 20.7 Å². The first-order valence-corrected chi connectivity index (χ1v) is 7.03. The van der Waals surface area contributed by atoms with Crippen LogP contribution in [0.3, 0.4) is 0 Å². The zero-order valence-electron chi connectivity index (χ0n) is 12.4. The second-order valence-corrected chi connectivity index (χ2v) is 4.78. The van der Waals surface area contributed by atoms with Crippen molar-refractivity contribution >= 4 is 17.3 Å². The molecule has 0 saturated carbocycles. The van der Waals surface area contributed by atoms with E-state index in [4.69, 9.17) is 10.5 Å². The fourth-order valence-corrected chi connectivity index (χ4v) is 1.83. The molecule has 1 amide bonds. The highest BCUT2D eigenvalue weighted by Crippen LogP contribution is 2.12. The van der Waals surface area contributed by atoms with Crippen LogP contribution in [0.25, 0.3) is 0 Å². The first-order valence-electron chi connectivity index (χ1n) is 7.03. The van der Waals surface area contributed by atoms with Crippen molar-refractivity contribution in [2.24, 2.45) is 0 Å². The van der Waals surface area contributed by atoms with Crippen molar-refractivity contribution in [2.75, 3.05) is 44.4 Å². The van der Waals surface area contributed by atoms with Gasteiger partial charge in [-0.25, -0.2) is 0 Å². The lowest BCUT2D eigenvalue weighted by molar-refractivity contribution is -0.116. The largest absolute Gasteiger partial charge is 0.399 e. The Labute approximate surface area is 121 Å². The standard InChI is InChI=1S/C15H25N3O2/c1-3-20-11-10-18(2)9-5-8-15(19)17-14-7-4-6-13(16)12-14/h4,6-7,12H,3,5,8-11,16H2,1-2H3,(H,17,19). The number of ether oxygens (including phenoxy) is 1. The van der Waals surface area contributed by atoms with Gasteiger partial charge in [0, 0.05) is 30.9 Å². The second kappa shape index (κ2) is 9.34. The summed E-state index contributed by atoms with van der Waals surface area (Å²) in [5.41, 5.74) is 7.06. The van der Waals surface area contributed by atoms with E-state index >= 15 is 0 Å². The average Bonchev–Trinajstić information content (AvgIpc) is 2.39. The molecule has 0 aliphatic carbocycles. The number of nitrogens with two attached hydrogens (primary N) is 1. The van der Waals surface area contributed by atoms with Crippen molar-refractivity contribution in [3.05, 3.63) is 24.3 Å². The highest BCUT2D eigenvalue weighted by molar-refractivity contribution is 5.91. The highest BCUT2D eigenvalue weighted by Gasteiger charge is 2.04. The molecule has 5 nitrogen and oxygen atoms in total. The van der Waals surface area contributed by atoms with Crippen LogP contribution in [0.5, 0.6) is 0 Å². The smallest absolute Gasteiger partial charge is 0.224 e. The first-order chi connectivity index (χ1) is 9.61. The van der Waals surface area contributed by atoms with Crippen LogP contribution in [-0.4, -0.2) is 44.2 Å². The number of nitrogens with one attached hydrogen (secondary N) is 1. The molecule has 0 radical (unpaired) electrons. The Bertz CT molecular complexity index is 410. The number of rotatable bonds is 9. The molecule has 0 fully saturated rings. The summed E-state index contributed by atoms with van der Waals surface area (Å²) >= 11 is 0. The fraction of sp³-hybridized carbons (Fsp3) is 0.533. The van der Waals surface area contributed by atoms with Crippen LogP contribution >= 0.6 is 0 Å². The molecule has 0 saturated heterocycles. The minimum atomic E-state index is 0.0220. The van der Waals surface area contributed by atoms with Crippen molar-refractivity contribution in [2.45, 2.75) is 19.8 Å². The number of benzene rings is 1. The van der Waals surface area contributed by atoms with E-state index in [9.17, 15) is 4.79 Å². The quantitative estimate of drug-likeness (QED) is 0.535. The van der Waals surface area contributed by atoms with E-state index in [0.29, 0.717) is 12.1 Å². The number of hydrogen-bond donors (Lipinski definition) is 2. The van der Waals surface area contributed by atoms with Gasteiger partial charge in [-0.05, 0) is 45.1 Å². The Morgan fingerprint density at radius 3 is 2.90 bits per heavy atom. The van der Waals surface area contributed by atoms with Crippen molar-refractivity contribution in [1.82, 2.24) is 4.90 Å². The third-order valence-corrected chi connectivity index (χ3v) is 2.94. The SMILES string of the molecule is CCOCCN(C)CCCC(=O)Nc1cccc(N)c1. The number of anilines is 2. The van der Waals surface area contributed by atoms with Crippen LogP contribution in [0, 0.1) is 0 Å². The van der Waals surface area contributed by atoms with Gasteiger partial charge in [0.25, 0.3) is 0 Å². The molecule has 0 unspecified atom stereocenters. The van der Waals surface area contributed by atoms with Crippen LogP contribution < -0.4 is 11.1 Å². The number of nitrogen functional groups attached to an aromatic ring is 1. The van der Waals surface area contributed by atoms with Gasteiger partial charge >= 0.3 is 0 Å². The molecule has 3 N–H and O–H groups in total. The lowest BCUT2D eigenvalue weighted by Crippen LogP contribution is -2.25. The van der Waals surface area contributed by atoms with Gasteiger partial charge in [0.2, 0.25) is 5.91 Å². The zero-order valence-corrected chi connectivity index (χ0v) is 12.4. The molecule has 5 heteroatoms. The van der Waals surface area contributed by atoms with Crippen LogP contribution in [0.15, 0.2) is 24.3 Å². The Morgan fingerprint density at radius 2 is 2.20 bits per heavy atom. The molecule has 0 heterocycles. The summed E-state index contributed by atoms with van der Waals surface area (Å²) in [6, 6.07) is 7.21. The Hall–Kier alpha value is -1.59. The molecule has 20 heavy (non-hydrogen) atoms. The monoisotopic (exact) mass is 279 g/mol. The average molecular weight is 279 g/mol. The van der Waals surface area contributed by atoms with Crippen LogP contribution in [-0.2, 0) is 9.53 Å². The fourth-order valence-electron chi connectivity index (χ4n) is 1.83. The van der Waals surface area contributed by atoms with Gasteiger partial charge in [-0.3, -0.25) is 4.79 Å². The van der Waals surface area contributed by atoms with Crippen molar-refractivity contribution in [3.8, 4) is 0 Å². The van der Waals surface area contributed by atoms with E-state index < -0.39 is 0 Å². The molecule has 0 aliphatic rings. The van der Waals surface area contributed by atoms with E-state index in [1.54, 1.807) is 12.1 Å². The number of likely N-dealkylation sites (N-methyl/N-ethyl adjacent to an activating group) is 1. The number of amides is 1. The molecule has 1 aromatic carbocycles. The van der Waals surface area contributed by atoms with Crippen LogP contribution in [0.2, 0.25) is 0 Å². The number of carbonyl (C=O) groups excluding carboxylic acids is 1. The van der Waals surface area contributed by atoms with Crippen LogP contribution in [0.4, 0.5) is 11.4 Å². The lowest BCUT2D eigenvalue weighted by Gasteiger charge is -2.16. The molecule has 0 spiro atoms. The third-order valence-electron chi connectivity index (χ3n) is 2.94. The number of carbonyl (C=O) groups is 1. The molecule has 0 atom stereocenters. The second-order valence-electron chi connectivity index (χ2n) is 4.78. The first kappa shape index (κ1) is 16.5. The maximum Gasteiger partial charge on any atom is 0.224 e. The molecular weight excluding hydrogens is 254 g/mol. The normalized spacial score (nSPS) is 10.8. The van der Waals surface area contributed by atoms with Gasteiger partial charge in [-0.2, -0.15) is 0 Å². The highest BCUT2D eigenvalue weighted by atomic mass is 16.5. The van der Waals surface area contributed by atoms with Gasteiger partial charge in [0.1, 0.15) is 0 Å². The van der Waals surface area contributed by atoms with E-state index in [1.165, 1.54) is 0 Å². The maximum absolute atomic E-state index is 11.8. The van der Waals surface area contributed by atoms with E-state index in [0.717, 1.165) is 38.4 Å². The van der Waals surface area contributed by atoms with E-state index in [-0.39, 0.29) is 5.91 Å². The number of nitrogens with zero attached hydrogens (tertiary/aromatic N) is 1. The van der Waals surface area contributed by atoms with E-state index in [1.807, 2.05) is 26.1 Å². The van der Waals surface area contributed by atoms with E-state index in [2.05, 4.69) is 10.2 Å². The summed E-state index contributed by atoms with van der Waals surface area (Å²) < 4.78 is 5.29. The molecular formula is C15H25N3O2. The van der Waals surface area contributed by atoms with Crippen molar-refractivity contribution in [1.29, 1.82) is 0 Å². The summed E-state index contributed by atoms with van der Waals surface area (Å²) in [4.78, 5) is 13.9. The van der Waals surface area contributed by atoms with Gasteiger partial charge in [-0.15, -0.1) is 0 Å². The molecule has 0 bridgehead atoms. The van der Waals surface area contributed by atoms with Crippen molar-refractivity contribution < 1.29 is 9.53 Å². The maximum atomic E-state index is 11.8. The summed E-state index contributed by atoms with van der Waals surface area (Å²) in [6.45, 7) is 5.25.